The Kier molecular flexibility index (Phi) is 4.66. The van der Waals surface area contributed by atoms with Gasteiger partial charge in [-0.1, -0.05) is 30.3 Å². The number of aromatic amines is 1. The molecule has 0 unspecified atom stereocenters. The van der Waals surface area contributed by atoms with Gasteiger partial charge in [-0.05, 0) is 29.7 Å². The van der Waals surface area contributed by atoms with Crippen LogP contribution in [0.1, 0.15) is 15.4 Å². The molecule has 0 atom stereocenters. The fourth-order valence-electron chi connectivity index (χ4n) is 2.86. The zero-order chi connectivity index (χ0) is 19.7. The molecule has 28 heavy (non-hydrogen) atoms. The molecule has 0 amide bonds. The van der Waals surface area contributed by atoms with Gasteiger partial charge in [0.25, 0.3) is 5.56 Å². The van der Waals surface area contributed by atoms with Crippen LogP contribution in [0.2, 0.25) is 0 Å². The van der Waals surface area contributed by atoms with Crippen molar-refractivity contribution in [1.82, 2.24) is 9.97 Å². The van der Waals surface area contributed by atoms with E-state index in [0.29, 0.717) is 33.6 Å². The van der Waals surface area contributed by atoms with Crippen LogP contribution in [-0.4, -0.2) is 24.7 Å². The molecule has 0 spiro atoms. The van der Waals surface area contributed by atoms with Gasteiger partial charge in [0.15, 0.2) is 9.84 Å². The number of fused-ring (bicyclic) bond motifs is 1. The zero-order valence-electron chi connectivity index (χ0n) is 14.5. The van der Waals surface area contributed by atoms with Gasteiger partial charge in [0.2, 0.25) is 0 Å². The number of nitrogens with zero attached hydrogens (tertiary/aromatic N) is 1. The Morgan fingerprint density at radius 3 is 2.61 bits per heavy atom. The van der Waals surface area contributed by atoms with Gasteiger partial charge in [0, 0.05) is 16.5 Å². The molecule has 4 rings (SSSR count). The number of thiazole rings is 1. The third-order valence-electron chi connectivity index (χ3n) is 4.25. The second-order valence-electron chi connectivity index (χ2n) is 6.18. The number of pyridine rings is 1. The highest BCUT2D eigenvalue weighted by atomic mass is 32.2. The molecule has 8 heteroatoms. The van der Waals surface area contributed by atoms with E-state index in [0.717, 1.165) is 5.39 Å². The molecule has 1 N–H and O–H groups in total. The maximum atomic E-state index is 12.5. The van der Waals surface area contributed by atoms with Crippen LogP contribution in [0.4, 0.5) is 0 Å². The number of aromatic nitrogens is 2. The monoisotopic (exact) mass is 410 g/mol. The maximum Gasteiger partial charge on any atom is 0.257 e. The lowest BCUT2D eigenvalue weighted by Crippen LogP contribution is -2.09. The van der Waals surface area contributed by atoms with Crippen LogP contribution in [0.15, 0.2) is 69.7 Å². The Bertz CT molecular complexity index is 1340. The summed E-state index contributed by atoms with van der Waals surface area (Å²) in [5.74, 6) is -0.226. The van der Waals surface area contributed by atoms with Crippen LogP contribution in [0, 0.1) is 0 Å². The highest BCUT2D eigenvalue weighted by Crippen LogP contribution is 2.25. The van der Waals surface area contributed by atoms with E-state index in [2.05, 4.69) is 9.97 Å². The lowest BCUT2D eigenvalue weighted by atomic mass is 10.1. The Hall–Kier alpha value is -3.10. The van der Waals surface area contributed by atoms with E-state index < -0.39 is 9.84 Å². The Labute approximate surface area is 164 Å². The molecule has 0 bridgehead atoms. The van der Waals surface area contributed by atoms with Gasteiger partial charge >= 0.3 is 0 Å². The largest absolute Gasteiger partial charge is 0.321 e. The normalized spacial score (nSPS) is 11.6. The van der Waals surface area contributed by atoms with Crippen molar-refractivity contribution >= 4 is 38.4 Å². The number of carbonyl (C=O) groups excluding carboxylic acids is 1. The van der Waals surface area contributed by atoms with Crippen molar-refractivity contribution in [3.63, 3.8) is 0 Å². The van der Waals surface area contributed by atoms with Gasteiger partial charge in [0.05, 0.1) is 16.2 Å². The number of hydrogen-bond donors (Lipinski definition) is 1. The standard InChI is InChI=1S/C20H14N2O4S2/c23-10-13-6-7-14-9-16(20(24)22-17(14)8-13)18-11-27-19(21-18)12-28(25,26)15-4-2-1-3-5-15/h1-11H,12H2,(H,22,24). The van der Waals surface area contributed by atoms with E-state index in [1.807, 2.05) is 0 Å². The molecule has 0 aliphatic heterocycles. The zero-order valence-corrected chi connectivity index (χ0v) is 16.1. The molecule has 0 aliphatic rings. The van der Waals surface area contributed by atoms with E-state index in [1.165, 1.54) is 11.3 Å². The van der Waals surface area contributed by atoms with Crippen molar-refractivity contribution in [2.75, 3.05) is 0 Å². The van der Waals surface area contributed by atoms with Crippen molar-refractivity contribution in [2.45, 2.75) is 10.6 Å². The summed E-state index contributed by atoms with van der Waals surface area (Å²) in [7, 11) is -3.51. The third kappa shape index (κ3) is 3.51. The number of nitrogens with one attached hydrogen (secondary N) is 1. The first-order valence-electron chi connectivity index (χ1n) is 8.31. The lowest BCUT2D eigenvalue weighted by molar-refractivity contribution is 0.112. The van der Waals surface area contributed by atoms with E-state index in [9.17, 15) is 18.0 Å². The van der Waals surface area contributed by atoms with Crippen LogP contribution in [0.5, 0.6) is 0 Å². The van der Waals surface area contributed by atoms with Crippen LogP contribution in [0.3, 0.4) is 0 Å². The molecule has 0 radical (unpaired) electrons. The average molecular weight is 410 g/mol. The topological polar surface area (TPSA) is 97.0 Å². The molecule has 0 aliphatic carbocycles. The Morgan fingerprint density at radius 2 is 1.86 bits per heavy atom. The number of aldehydes is 1. The van der Waals surface area contributed by atoms with E-state index >= 15 is 0 Å². The summed E-state index contributed by atoms with van der Waals surface area (Å²) >= 11 is 1.20. The van der Waals surface area contributed by atoms with E-state index in [4.69, 9.17) is 0 Å². The first kappa shape index (κ1) is 18.3. The van der Waals surface area contributed by atoms with Crippen LogP contribution in [0.25, 0.3) is 22.2 Å². The van der Waals surface area contributed by atoms with Crippen LogP contribution >= 0.6 is 11.3 Å². The molecule has 2 aromatic heterocycles. The predicted molar refractivity (Wildman–Crippen MR) is 108 cm³/mol. The summed E-state index contributed by atoms with van der Waals surface area (Å²) in [6.07, 6.45) is 0.714. The van der Waals surface area contributed by atoms with Crippen LogP contribution < -0.4 is 5.56 Å². The van der Waals surface area contributed by atoms with Gasteiger partial charge in [-0.3, -0.25) is 9.59 Å². The molecule has 2 heterocycles. The molecule has 4 aromatic rings. The molecular formula is C20H14N2O4S2. The Morgan fingerprint density at radius 1 is 1.07 bits per heavy atom. The molecular weight excluding hydrogens is 396 g/mol. The summed E-state index contributed by atoms with van der Waals surface area (Å²) in [5.41, 5.74) is 1.45. The second-order valence-corrected chi connectivity index (χ2v) is 9.11. The molecule has 6 nitrogen and oxygen atoms in total. The quantitative estimate of drug-likeness (QED) is 0.508. The minimum Gasteiger partial charge on any atom is -0.321 e. The lowest BCUT2D eigenvalue weighted by Gasteiger charge is -2.03. The molecule has 0 saturated heterocycles. The summed E-state index contributed by atoms with van der Waals surface area (Å²) < 4.78 is 25.0. The number of rotatable bonds is 5. The van der Waals surface area contributed by atoms with Gasteiger partial charge in [-0.2, -0.15) is 0 Å². The summed E-state index contributed by atoms with van der Waals surface area (Å²) in [6, 6.07) is 14.9. The highest BCUT2D eigenvalue weighted by Gasteiger charge is 2.18. The first-order chi connectivity index (χ1) is 13.5. The van der Waals surface area contributed by atoms with Gasteiger partial charge in [-0.15, -0.1) is 11.3 Å². The summed E-state index contributed by atoms with van der Waals surface area (Å²) in [4.78, 5) is 30.7. The smallest absolute Gasteiger partial charge is 0.257 e. The highest BCUT2D eigenvalue weighted by molar-refractivity contribution is 7.90. The first-order valence-corrected chi connectivity index (χ1v) is 10.8. The number of carbonyl (C=O) groups is 1. The molecule has 140 valence electrons. The molecule has 0 fully saturated rings. The fourth-order valence-corrected chi connectivity index (χ4v) is 5.30. The third-order valence-corrected chi connectivity index (χ3v) is 6.93. The minimum absolute atomic E-state index is 0.226. The van der Waals surface area contributed by atoms with Gasteiger partial charge in [0.1, 0.15) is 17.0 Å². The number of H-pyrrole nitrogens is 1. The van der Waals surface area contributed by atoms with Crippen molar-refractivity contribution in [3.8, 4) is 11.3 Å². The van der Waals surface area contributed by atoms with Crippen molar-refractivity contribution in [3.05, 3.63) is 80.9 Å². The summed E-state index contributed by atoms with van der Waals surface area (Å²) in [5, 5.41) is 2.84. The average Bonchev–Trinajstić information content (AvgIpc) is 3.15. The van der Waals surface area contributed by atoms with E-state index in [1.54, 1.807) is 60.0 Å². The SMILES string of the molecule is O=Cc1ccc2cc(-c3csc(CS(=O)(=O)c4ccccc4)n3)c(=O)[nH]c2c1. The van der Waals surface area contributed by atoms with Crippen molar-refractivity contribution in [1.29, 1.82) is 0 Å². The molecule has 2 aromatic carbocycles. The maximum absolute atomic E-state index is 12.5. The fraction of sp³-hybridized carbons (Fsp3) is 0.0500. The van der Waals surface area contributed by atoms with Gasteiger partial charge in [-0.25, -0.2) is 13.4 Å². The minimum atomic E-state index is -3.51. The number of hydrogen-bond acceptors (Lipinski definition) is 6. The van der Waals surface area contributed by atoms with Crippen LogP contribution in [-0.2, 0) is 15.6 Å². The summed E-state index contributed by atoms with van der Waals surface area (Å²) in [6.45, 7) is 0. The Balaban J connectivity index is 1.69. The van der Waals surface area contributed by atoms with Crippen molar-refractivity contribution in [2.24, 2.45) is 0 Å². The molecule has 0 saturated carbocycles. The number of benzene rings is 2. The predicted octanol–water partition coefficient (Wildman–Crippen LogP) is 3.44. The van der Waals surface area contributed by atoms with E-state index in [-0.39, 0.29) is 16.2 Å². The van der Waals surface area contributed by atoms with Gasteiger partial charge < -0.3 is 4.98 Å². The van der Waals surface area contributed by atoms with Crippen molar-refractivity contribution < 1.29 is 13.2 Å². The second kappa shape index (κ2) is 7.14. The number of sulfone groups is 1.